The number of nitro groups is 1. The minimum Gasteiger partial charge on any atom is -0.374 e. The van der Waals surface area contributed by atoms with E-state index in [1.54, 1.807) is 19.1 Å². The van der Waals surface area contributed by atoms with Gasteiger partial charge in [0.25, 0.3) is 5.69 Å². The van der Waals surface area contributed by atoms with E-state index in [1.165, 1.54) is 36.6 Å². The van der Waals surface area contributed by atoms with E-state index in [0.29, 0.717) is 15.6 Å². The molecule has 2 rings (SSSR count). The molecule has 8 nitrogen and oxygen atoms in total. The van der Waals surface area contributed by atoms with Crippen molar-refractivity contribution in [1.29, 1.82) is 0 Å². The smallest absolute Gasteiger partial charge is 0.313 e. The number of nitrogens with zero attached hydrogens (tertiary/aromatic N) is 1. The summed E-state index contributed by atoms with van der Waals surface area (Å²) in [5, 5.41) is 15.6. The molecule has 0 saturated carbocycles. The van der Waals surface area contributed by atoms with Gasteiger partial charge in [0.05, 0.1) is 9.26 Å². The van der Waals surface area contributed by atoms with E-state index in [2.05, 4.69) is 10.6 Å². The number of thiophene rings is 1. The first kappa shape index (κ1) is 19.8. The second-order valence-corrected chi connectivity index (χ2v) is 7.03. The third-order valence-electron chi connectivity index (χ3n) is 3.52. The van der Waals surface area contributed by atoms with Gasteiger partial charge in [-0.1, -0.05) is 11.6 Å². The molecule has 0 bridgehead atoms. The van der Waals surface area contributed by atoms with Crippen LogP contribution in [0, 0.1) is 17.0 Å². The van der Waals surface area contributed by atoms with Gasteiger partial charge in [0.15, 0.2) is 0 Å². The summed E-state index contributed by atoms with van der Waals surface area (Å²) in [6, 6.07) is 7.45. The highest BCUT2D eigenvalue weighted by Gasteiger charge is 2.19. The van der Waals surface area contributed by atoms with Crippen molar-refractivity contribution in [3.8, 4) is 0 Å². The number of halogens is 1. The van der Waals surface area contributed by atoms with Crippen LogP contribution in [-0.4, -0.2) is 30.4 Å². The predicted molar refractivity (Wildman–Crippen MR) is 98.6 cm³/mol. The third-order valence-corrected chi connectivity index (χ3v) is 4.84. The van der Waals surface area contributed by atoms with Crippen LogP contribution in [0.2, 0.25) is 4.34 Å². The lowest BCUT2D eigenvalue weighted by atomic mass is 10.2. The molecular formula is C16H16ClN3O5S. The van der Waals surface area contributed by atoms with Crippen molar-refractivity contribution in [2.75, 3.05) is 19.0 Å². The van der Waals surface area contributed by atoms with E-state index in [-0.39, 0.29) is 12.2 Å². The van der Waals surface area contributed by atoms with Crippen LogP contribution in [0.15, 0.2) is 30.3 Å². The zero-order chi connectivity index (χ0) is 19.3. The summed E-state index contributed by atoms with van der Waals surface area (Å²) in [7, 11) is 1.49. The maximum absolute atomic E-state index is 12.0. The number of rotatable bonds is 6. The van der Waals surface area contributed by atoms with Crippen molar-refractivity contribution in [1.82, 2.24) is 5.32 Å². The van der Waals surface area contributed by atoms with Crippen LogP contribution in [0.5, 0.6) is 0 Å². The molecule has 138 valence electrons. The van der Waals surface area contributed by atoms with E-state index >= 15 is 0 Å². The first-order valence-corrected chi connectivity index (χ1v) is 8.63. The molecule has 0 aliphatic carbocycles. The summed E-state index contributed by atoms with van der Waals surface area (Å²) in [5.41, 5.74) is 0.704. The highest BCUT2D eigenvalue weighted by molar-refractivity contribution is 7.16. The molecule has 10 heteroatoms. The van der Waals surface area contributed by atoms with Crippen molar-refractivity contribution in [2.24, 2.45) is 0 Å². The summed E-state index contributed by atoms with van der Waals surface area (Å²) in [4.78, 5) is 35.0. The summed E-state index contributed by atoms with van der Waals surface area (Å²) in [6.07, 6.45) is -0.426. The van der Waals surface area contributed by atoms with Crippen LogP contribution < -0.4 is 10.6 Å². The molecule has 2 amide bonds. The SMILES string of the molecule is COC(CNC(=O)C(=O)Nc1ccc([N+](=O)[O-])cc1C)c1ccc(Cl)s1. The van der Waals surface area contributed by atoms with Crippen molar-refractivity contribution >= 4 is 46.1 Å². The molecule has 0 aliphatic heterocycles. The number of anilines is 1. The molecule has 2 N–H and O–H groups in total. The van der Waals surface area contributed by atoms with Gasteiger partial charge in [0.2, 0.25) is 0 Å². The Labute approximate surface area is 158 Å². The van der Waals surface area contributed by atoms with E-state index in [9.17, 15) is 19.7 Å². The fraction of sp³-hybridized carbons (Fsp3) is 0.250. The number of amides is 2. The van der Waals surface area contributed by atoms with Crippen molar-refractivity contribution < 1.29 is 19.2 Å². The Balaban J connectivity index is 1.95. The quantitative estimate of drug-likeness (QED) is 0.442. The normalized spacial score (nSPS) is 11.7. The number of nitrogens with one attached hydrogen (secondary N) is 2. The standard InChI is InChI=1S/C16H16ClN3O5S/c1-9-7-10(20(23)24)3-4-11(9)19-16(22)15(21)18-8-12(25-2)13-5-6-14(17)26-13/h3-7,12H,8H2,1-2H3,(H,18,21)(H,19,22). The molecule has 0 spiro atoms. The largest absolute Gasteiger partial charge is 0.374 e. The molecule has 0 aliphatic rings. The van der Waals surface area contributed by atoms with Gasteiger partial charge in [-0.2, -0.15) is 0 Å². The predicted octanol–water partition coefficient (Wildman–Crippen LogP) is 3.06. The summed E-state index contributed by atoms with van der Waals surface area (Å²) in [6.45, 7) is 1.70. The molecule has 0 radical (unpaired) electrons. The number of aryl methyl sites for hydroxylation is 1. The van der Waals surface area contributed by atoms with E-state index in [0.717, 1.165) is 4.88 Å². The van der Waals surface area contributed by atoms with Gasteiger partial charge in [0, 0.05) is 36.4 Å². The number of methoxy groups -OCH3 is 1. The summed E-state index contributed by atoms with van der Waals surface area (Å²) in [5.74, 6) is -1.71. The lowest BCUT2D eigenvalue weighted by molar-refractivity contribution is -0.384. The van der Waals surface area contributed by atoms with Crippen LogP contribution in [-0.2, 0) is 14.3 Å². The fourth-order valence-corrected chi connectivity index (χ4v) is 3.29. The first-order chi connectivity index (χ1) is 12.3. The Hall–Kier alpha value is -2.49. The molecule has 1 aromatic heterocycles. The molecule has 0 fully saturated rings. The number of carbonyl (C=O) groups is 2. The summed E-state index contributed by atoms with van der Waals surface area (Å²) >= 11 is 7.20. The lowest BCUT2D eigenvalue weighted by Gasteiger charge is -2.14. The molecule has 0 saturated heterocycles. The Kier molecular flexibility index (Phi) is 6.67. The molecule has 1 atom stereocenters. The van der Waals surface area contributed by atoms with Crippen LogP contribution in [0.25, 0.3) is 0 Å². The van der Waals surface area contributed by atoms with E-state index < -0.39 is 22.8 Å². The van der Waals surface area contributed by atoms with Gasteiger partial charge in [-0.3, -0.25) is 19.7 Å². The fourth-order valence-electron chi connectivity index (χ4n) is 2.15. The highest BCUT2D eigenvalue weighted by atomic mass is 35.5. The van der Waals surface area contributed by atoms with Crippen molar-refractivity contribution in [2.45, 2.75) is 13.0 Å². The maximum atomic E-state index is 12.0. The van der Waals surface area contributed by atoms with Crippen LogP contribution in [0.3, 0.4) is 0 Å². The molecule has 1 aromatic carbocycles. The number of non-ortho nitro benzene ring substituents is 1. The van der Waals surface area contributed by atoms with E-state index in [4.69, 9.17) is 16.3 Å². The Morgan fingerprint density at radius 1 is 1.31 bits per heavy atom. The van der Waals surface area contributed by atoms with Gasteiger partial charge >= 0.3 is 11.8 Å². The first-order valence-electron chi connectivity index (χ1n) is 7.44. The molecule has 2 aromatic rings. The number of hydrogen-bond acceptors (Lipinski definition) is 6. The average molecular weight is 398 g/mol. The monoisotopic (exact) mass is 397 g/mol. The topological polar surface area (TPSA) is 111 Å². The average Bonchev–Trinajstić information content (AvgIpc) is 3.03. The number of nitro benzene ring substituents is 1. The second kappa shape index (κ2) is 8.75. The van der Waals surface area contributed by atoms with Crippen molar-refractivity contribution in [3.05, 3.63) is 55.2 Å². The van der Waals surface area contributed by atoms with Gasteiger partial charge in [-0.15, -0.1) is 11.3 Å². The van der Waals surface area contributed by atoms with Crippen molar-refractivity contribution in [3.63, 3.8) is 0 Å². The minimum atomic E-state index is -0.874. The molecule has 26 heavy (non-hydrogen) atoms. The number of ether oxygens (including phenoxy) is 1. The molecular weight excluding hydrogens is 382 g/mol. The molecule has 1 heterocycles. The number of hydrogen-bond donors (Lipinski definition) is 2. The lowest BCUT2D eigenvalue weighted by Crippen LogP contribution is -2.38. The van der Waals surface area contributed by atoms with Gasteiger partial charge in [-0.05, 0) is 30.7 Å². The Morgan fingerprint density at radius 2 is 2.04 bits per heavy atom. The minimum absolute atomic E-state index is 0.0949. The van der Waals surface area contributed by atoms with Gasteiger partial charge in [0.1, 0.15) is 6.10 Å². The van der Waals surface area contributed by atoms with E-state index in [1.807, 2.05) is 0 Å². The number of benzene rings is 1. The maximum Gasteiger partial charge on any atom is 0.313 e. The Morgan fingerprint density at radius 3 is 2.58 bits per heavy atom. The van der Waals surface area contributed by atoms with Crippen LogP contribution >= 0.6 is 22.9 Å². The third kappa shape index (κ3) is 5.01. The van der Waals surface area contributed by atoms with Crippen LogP contribution in [0.4, 0.5) is 11.4 Å². The zero-order valence-corrected chi connectivity index (χ0v) is 15.5. The zero-order valence-electron chi connectivity index (χ0n) is 13.9. The van der Waals surface area contributed by atoms with Gasteiger partial charge < -0.3 is 15.4 Å². The number of carbonyl (C=O) groups excluding carboxylic acids is 2. The molecule has 1 unspecified atom stereocenters. The summed E-state index contributed by atoms with van der Waals surface area (Å²) < 4.78 is 5.89. The van der Waals surface area contributed by atoms with Gasteiger partial charge in [-0.25, -0.2) is 0 Å². The highest BCUT2D eigenvalue weighted by Crippen LogP contribution is 2.28. The Bertz CT molecular complexity index is 839. The van der Waals surface area contributed by atoms with Crippen LogP contribution in [0.1, 0.15) is 16.5 Å². The second-order valence-electron chi connectivity index (χ2n) is 5.29.